The molecule has 10 N–H and O–H groups in total. The molecule has 0 saturated carbocycles. The van der Waals surface area contributed by atoms with E-state index in [1.54, 1.807) is 6.07 Å². The molecule has 0 bridgehead atoms. The third kappa shape index (κ3) is 3.66. The minimum absolute atomic E-state index is 0.00286. The number of carbonyl (C=O) groups is 3. The van der Waals surface area contributed by atoms with Gasteiger partial charge in [0.05, 0.1) is 13.1 Å². The topological polar surface area (TPSA) is 200 Å². The smallest absolute Gasteiger partial charge is 0.347 e. The average molecular weight is 549 g/mol. The van der Waals surface area contributed by atoms with E-state index in [1.165, 1.54) is 16.7 Å². The number of amides is 3. The fourth-order valence-electron chi connectivity index (χ4n) is 6.64. The molecular weight excluding hydrogens is 518 g/mol. The molecule has 15 heteroatoms. The minimum Gasteiger partial charge on any atom is -0.358 e. The van der Waals surface area contributed by atoms with Crippen molar-refractivity contribution in [3.8, 4) is 0 Å². The standard InChI is InChI=1S/C24H28F2N8O5/c25-22(26)7-6-12-11(8-22)2-1-3-13(12)19(37)30-15-10-34-21(28)29-14(9-33-16(35)4-5-17(33)36)18-23(34,24(15,38)39)32-20(27)31-18/h1-3,14-15,18,38-39H,4-10H2,(H6,27,28,29,30,31,32,37)/p+2/t14-,15?,18-,23?/m0/s1. The Kier molecular flexibility index (Phi) is 5.43. The number of nitrogens with one attached hydrogen (secondary N) is 4. The molecule has 3 amide bonds. The molecule has 2 fully saturated rings. The Morgan fingerprint density at radius 1 is 1.21 bits per heavy atom. The summed E-state index contributed by atoms with van der Waals surface area (Å²) in [5.74, 6) is -6.85. The van der Waals surface area contributed by atoms with Crippen molar-refractivity contribution in [2.24, 2.45) is 11.5 Å². The molecule has 0 aromatic heterocycles. The molecule has 6 rings (SSSR count). The molecule has 4 aliphatic heterocycles. The van der Waals surface area contributed by atoms with Gasteiger partial charge in [0, 0.05) is 31.2 Å². The first-order valence-corrected chi connectivity index (χ1v) is 12.8. The van der Waals surface area contributed by atoms with Crippen molar-refractivity contribution in [2.45, 2.75) is 67.6 Å². The van der Waals surface area contributed by atoms with Crippen LogP contribution >= 0.6 is 0 Å². The number of hydrogen-bond acceptors (Lipinski definition) is 9. The highest BCUT2D eigenvalue weighted by atomic mass is 19.3. The zero-order valence-electron chi connectivity index (χ0n) is 20.8. The Labute approximate surface area is 220 Å². The van der Waals surface area contributed by atoms with E-state index in [4.69, 9.17) is 11.5 Å². The van der Waals surface area contributed by atoms with Gasteiger partial charge in [-0.25, -0.2) is 18.7 Å². The van der Waals surface area contributed by atoms with Crippen molar-refractivity contribution < 1.29 is 42.9 Å². The number of carbonyl (C=O) groups excluding carboxylic acids is 3. The van der Waals surface area contributed by atoms with E-state index in [-0.39, 0.29) is 68.1 Å². The first-order chi connectivity index (χ1) is 18.3. The number of fused-ring (bicyclic) bond motifs is 1. The van der Waals surface area contributed by atoms with Crippen LogP contribution in [-0.4, -0.2) is 97.9 Å². The van der Waals surface area contributed by atoms with Crippen molar-refractivity contribution in [1.29, 1.82) is 0 Å². The molecule has 4 heterocycles. The Balaban J connectivity index is 1.30. The number of rotatable bonds is 4. The quantitative estimate of drug-likeness (QED) is 0.103. The van der Waals surface area contributed by atoms with E-state index in [1.807, 2.05) is 0 Å². The van der Waals surface area contributed by atoms with E-state index < -0.39 is 47.8 Å². The summed E-state index contributed by atoms with van der Waals surface area (Å²) in [5, 5.41) is 31.8. The number of hydrogen-bond donors (Lipinski definition) is 8. The van der Waals surface area contributed by atoms with Gasteiger partial charge in [-0.2, -0.15) is 0 Å². The Morgan fingerprint density at radius 3 is 2.64 bits per heavy atom. The number of likely N-dealkylation sites (tertiary alicyclic amines) is 1. The molecule has 1 spiro atoms. The van der Waals surface area contributed by atoms with Crippen LogP contribution < -0.4 is 32.4 Å². The van der Waals surface area contributed by atoms with E-state index in [0.717, 1.165) is 4.90 Å². The van der Waals surface area contributed by atoms with Gasteiger partial charge in [-0.15, -0.1) is 0 Å². The second-order valence-corrected chi connectivity index (χ2v) is 10.8. The number of aliphatic hydroxyl groups is 2. The third-order valence-electron chi connectivity index (χ3n) is 8.50. The van der Waals surface area contributed by atoms with Crippen LogP contribution in [-0.2, 0) is 22.4 Å². The molecular formula is C24H30F2N8O5+2. The second-order valence-electron chi connectivity index (χ2n) is 10.8. The van der Waals surface area contributed by atoms with E-state index >= 15 is 0 Å². The highest BCUT2D eigenvalue weighted by Gasteiger charge is 2.78. The summed E-state index contributed by atoms with van der Waals surface area (Å²) in [6.07, 6.45) is -0.672. The minimum atomic E-state index is -2.85. The summed E-state index contributed by atoms with van der Waals surface area (Å²) < 4.78 is 29.3. The first-order valence-electron chi connectivity index (χ1n) is 12.8. The van der Waals surface area contributed by atoms with Gasteiger partial charge < -0.3 is 15.5 Å². The predicted octanol–water partition coefficient (Wildman–Crippen LogP) is -4.89. The van der Waals surface area contributed by atoms with E-state index in [0.29, 0.717) is 11.1 Å². The molecule has 5 aliphatic rings. The molecule has 208 valence electrons. The van der Waals surface area contributed by atoms with Crippen molar-refractivity contribution in [3.05, 3.63) is 34.9 Å². The number of guanidine groups is 2. The van der Waals surface area contributed by atoms with Gasteiger partial charge in [0.1, 0.15) is 12.1 Å². The first kappa shape index (κ1) is 25.4. The van der Waals surface area contributed by atoms with Gasteiger partial charge in [-0.3, -0.25) is 41.1 Å². The lowest BCUT2D eigenvalue weighted by atomic mass is 9.84. The van der Waals surface area contributed by atoms with Crippen LogP contribution in [0.2, 0.25) is 0 Å². The molecule has 1 aliphatic carbocycles. The van der Waals surface area contributed by atoms with Gasteiger partial charge in [0.25, 0.3) is 23.3 Å². The molecule has 0 radical (unpaired) electrons. The Bertz CT molecular complexity index is 1350. The summed E-state index contributed by atoms with van der Waals surface area (Å²) in [6, 6.07) is 1.62. The largest absolute Gasteiger partial charge is 0.358 e. The van der Waals surface area contributed by atoms with Crippen LogP contribution in [0.4, 0.5) is 8.78 Å². The lowest BCUT2D eigenvalue weighted by molar-refractivity contribution is -0.674. The number of alkyl halides is 2. The summed E-state index contributed by atoms with van der Waals surface area (Å²) in [5.41, 5.74) is 11.6. The summed E-state index contributed by atoms with van der Waals surface area (Å²) in [7, 11) is 0. The number of nitrogens with two attached hydrogens (primary N) is 2. The molecule has 2 unspecified atom stereocenters. The van der Waals surface area contributed by atoms with Crippen molar-refractivity contribution in [1.82, 2.24) is 20.9 Å². The zero-order valence-corrected chi connectivity index (χ0v) is 20.8. The number of nitrogens with zero attached hydrogens (tertiary/aromatic N) is 2. The SMILES string of the molecule is NC1=[NH+][C@H]2[C@H](CN3C(=O)CCC3=O)NC(N)=[N+]3CC(NC(=O)c4cccc5c4CCC(F)(F)C5)C(O)(O)C23N1. The predicted molar refractivity (Wildman–Crippen MR) is 129 cm³/mol. The van der Waals surface area contributed by atoms with Crippen LogP contribution in [0.5, 0.6) is 0 Å². The lowest BCUT2D eigenvalue weighted by Gasteiger charge is -2.41. The maximum Gasteiger partial charge on any atom is 0.347 e. The highest BCUT2D eigenvalue weighted by Crippen LogP contribution is 2.39. The third-order valence-corrected chi connectivity index (χ3v) is 8.50. The van der Waals surface area contributed by atoms with Gasteiger partial charge in [0.15, 0.2) is 6.04 Å². The molecule has 13 nitrogen and oxygen atoms in total. The number of halogens is 2. The van der Waals surface area contributed by atoms with Gasteiger partial charge in [-0.05, 0) is 23.6 Å². The van der Waals surface area contributed by atoms with Crippen molar-refractivity contribution >= 4 is 29.6 Å². The maximum atomic E-state index is 14.0. The van der Waals surface area contributed by atoms with Crippen LogP contribution in [0, 0.1) is 0 Å². The van der Waals surface area contributed by atoms with Gasteiger partial charge in [0.2, 0.25) is 11.8 Å². The van der Waals surface area contributed by atoms with Crippen LogP contribution in [0.15, 0.2) is 18.2 Å². The lowest BCUT2D eigenvalue weighted by Crippen LogP contribution is -2.92. The van der Waals surface area contributed by atoms with E-state index in [2.05, 4.69) is 20.9 Å². The van der Waals surface area contributed by atoms with Crippen molar-refractivity contribution in [2.75, 3.05) is 13.1 Å². The van der Waals surface area contributed by atoms with Gasteiger partial charge in [-0.1, -0.05) is 12.1 Å². The maximum absolute atomic E-state index is 14.0. The number of benzene rings is 1. The van der Waals surface area contributed by atoms with Crippen LogP contribution in [0.25, 0.3) is 0 Å². The Morgan fingerprint density at radius 2 is 1.92 bits per heavy atom. The van der Waals surface area contributed by atoms with E-state index in [9.17, 15) is 33.4 Å². The fraction of sp³-hybridized carbons (Fsp3) is 0.542. The normalized spacial score (nSPS) is 32.2. The highest BCUT2D eigenvalue weighted by molar-refractivity contribution is 6.02. The molecule has 4 atom stereocenters. The second kappa shape index (κ2) is 8.32. The zero-order chi connectivity index (χ0) is 27.9. The summed E-state index contributed by atoms with van der Waals surface area (Å²) >= 11 is 0. The summed E-state index contributed by atoms with van der Waals surface area (Å²) in [4.78, 5) is 42.0. The fourth-order valence-corrected chi connectivity index (χ4v) is 6.64. The average Bonchev–Trinajstić information content (AvgIpc) is 3.45. The van der Waals surface area contributed by atoms with Crippen molar-refractivity contribution in [3.63, 3.8) is 0 Å². The Hall–Kier alpha value is -3.85. The molecule has 1 aromatic carbocycles. The molecule has 1 aromatic rings. The van der Waals surface area contributed by atoms with Gasteiger partial charge >= 0.3 is 11.9 Å². The van der Waals surface area contributed by atoms with Crippen LogP contribution in [0.3, 0.4) is 0 Å². The van der Waals surface area contributed by atoms with Crippen LogP contribution in [0.1, 0.15) is 40.7 Å². The monoisotopic (exact) mass is 548 g/mol. The molecule has 2 saturated heterocycles. The number of imide groups is 1. The summed E-state index contributed by atoms with van der Waals surface area (Å²) in [6.45, 7) is -0.258. The molecule has 39 heavy (non-hydrogen) atoms.